The van der Waals surface area contributed by atoms with Crippen LogP contribution in [0, 0.1) is 5.82 Å². The molecule has 1 N–H and O–H groups in total. The van der Waals surface area contributed by atoms with Gasteiger partial charge in [-0.1, -0.05) is 5.16 Å². The van der Waals surface area contributed by atoms with Crippen LogP contribution >= 0.6 is 0 Å². The Balaban J connectivity index is 1.28. The second-order valence-electron chi connectivity index (χ2n) is 6.94. The zero-order valence-electron chi connectivity index (χ0n) is 16.1. The van der Waals surface area contributed by atoms with Crippen molar-refractivity contribution in [2.45, 2.75) is 0 Å². The summed E-state index contributed by atoms with van der Waals surface area (Å²) >= 11 is 0. The molecule has 0 saturated carbocycles. The molecule has 1 aliphatic heterocycles. The molecule has 8 nitrogen and oxygen atoms in total. The monoisotopic (exact) mass is 409 g/mol. The van der Waals surface area contributed by atoms with Crippen LogP contribution in [0.1, 0.15) is 10.5 Å². The van der Waals surface area contributed by atoms with Crippen molar-refractivity contribution >= 4 is 17.5 Å². The van der Waals surface area contributed by atoms with Crippen LogP contribution in [0.5, 0.6) is 0 Å². The lowest BCUT2D eigenvalue weighted by molar-refractivity contribution is -0.117. The van der Waals surface area contributed by atoms with Gasteiger partial charge in [0.15, 0.2) is 11.5 Å². The molecule has 2 aromatic heterocycles. The first-order valence-electron chi connectivity index (χ1n) is 9.52. The maximum Gasteiger partial charge on any atom is 0.276 e. The normalized spacial score (nSPS) is 14.5. The number of carbonyl (C=O) groups is 2. The molecule has 1 saturated heterocycles. The Morgan fingerprint density at radius 3 is 2.43 bits per heavy atom. The zero-order valence-corrected chi connectivity index (χ0v) is 16.1. The number of anilines is 1. The third-order valence-corrected chi connectivity index (χ3v) is 4.85. The number of piperazine rings is 1. The molecule has 0 spiro atoms. The molecule has 1 aliphatic rings. The number of amides is 2. The summed E-state index contributed by atoms with van der Waals surface area (Å²) in [6.07, 6.45) is 3.29. The van der Waals surface area contributed by atoms with Crippen molar-refractivity contribution in [1.29, 1.82) is 0 Å². The lowest BCUT2D eigenvalue weighted by Gasteiger charge is -2.33. The second kappa shape index (κ2) is 8.83. The predicted molar refractivity (Wildman–Crippen MR) is 107 cm³/mol. The van der Waals surface area contributed by atoms with E-state index in [1.54, 1.807) is 35.5 Å². The van der Waals surface area contributed by atoms with E-state index >= 15 is 0 Å². The highest BCUT2D eigenvalue weighted by molar-refractivity contribution is 5.93. The lowest BCUT2D eigenvalue weighted by atomic mass is 10.2. The largest absolute Gasteiger partial charge is 0.355 e. The lowest BCUT2D eigenvalue weighted by Crippen LogP contribution is -2.50. The molecule has 0 aliphatic carbocycles. The van der Waals surface area contributed by atoms with E-state index in [1.807, 2.05) is 4.90 Å². The van der Waals surface area contributed by atoms with E-state index in [1.165, 1.54) is 24.3 Å². The Kier molecular flexibility index (Phi) is 5.80. The molecule has 2 amide bonds. The van der Waals surface area contributed by atoms with E-state index in [0.717, 1.165) is 5.56 Å². The quantitative estimate of drug-likeness (QED) is 0.695. The minimum atomic E-state index is -0.353. The summed E-state index contributed by atoms with van der Waals surface area (Å²) in [5.41, 5.74) is 1.60. The number of halogens is 1. The number of carbonyl (C=O) groups excluding carboxylic acids is 2. The van der Waals surface area contributed by atoms with Gasteiger partial charge < -0.3 is 14.7 Å². The fourth-order valence-corrected chi connectivity index (χ4v) is 3.24. The van der Waals surface area contributed by atoms with Crippen molar-refractivity contribution in [2.24, 2.45) is 0 Å². The summed E-state index contributed by atoms with van der Waals surface area (Å²) < 4.78 is 18.2. The minimum Gasteiger partial charge on any atom is -0.355 e. The second-order valence-corrected chi connectivity index (χ2v) is 6.94. The standard InChI is InChI=1S/C21H20FN5O3/c22-16-1-3-17(4-2-16)24-20(28)14-26-9-11-27(12-10-26)21(29)18-13-19(30-25-18)15-5-7-23-8-6-15/h1-8,13H,9-12,14H2,(H,24,28). The smallest absolute Gasteiger partial charge is 0.276 e. The number of aromatic nitrogens is 2. The highest BCUT2D eigenvalue weighted by Crippen LogP contribution is 2.20. The number of pyridine rings is 1. The molecule has 3 heterocycles. The zero-order chi connectivity index (χ0) is 20.9. The van der Waals surface area contributed by atoms with Gasteiger partial charge in [0.05, 0.1) is 6.54 Å². The summed E-state index contributed by atoms with van der Waals surface area (Å²) in [5, 5.41) is 6.64. The molecule has 9 heteroatoms. The third kappa shape index (κ3) is 4.69. The van der Waals surface area contributed by atoms with Gasteiger partial charge in [-0.15, -0.1) is 0 Å². The van der Waals surface area contributed by atoms with Crippen molar-refractivity contribution in [3.63, 3.8) is 0 Å². The number of nitrogens with one attached hydrogen (secondary N) is 1. The number of nitrogens with zero attached hydrogens (tertiary/aromatic N) is 4. The predicted octanol–water partition coefficient (Wildman–Crippen LogP) is 2.27. The molecule has 0 unspecified atom stereocenters. The Bertz CT molecular complexity index is 1010. The average molecular weight is 409 g/mol. The van der Waals surface area contributed by atoms with Crippen LogP contribution in [0.4, 0.5) is 10.1 Å². The first kappa shape index (κ1) is 19.7. The van der Waals surface area contributed by atoms with Gasteiger partial charge in [-0.2, -0.15) is 0 Å². The molecular weight excluding hydrogens is 389 g/mol. The molecule has 4 rings (SSSR count). The maximum atomic E-state index is 12.9. The summed E-state index contributed by atoms with van der Waals surface area (Å²) in [4.78, 5) is 32.5. The Morgan fingerprint density at radius 1 is 1.03 bits per heavy atom. The molecule has 30 heavy (non-hydrogen) atoms. The van der Waals surface area contributed by atoms with Crippen molar-refractivity contribution in [2.75, 3.05) is 38.0 Å². The van der Waals surface area contributed by atoms with Gasteiger partial charge >= 0.3 is 0 Å². The van der Waals surface area contributed by atoms with Gasteiger partial charge in [0, 0.05) is 55.9 Å². The van der Waals surface area contributed by atoms with Gasteiger partial charge in [0.1, 0.15) is 5.82 Å². The highest BCUT2D eigenvalue weighted by Gasteiger charge is 2.25. The highest BCUT2D eigenvalue weighted by atomic mass is 19.1. The average Bonchev–Trinajstić information content (AvgIpc) is 3.26. The minimum absolute atomic E-state index is 0.181. The van der Waals surface area contributed by atoms with Crippen LogP contribution in [-0.2, 0) is 4.79 Å². The first-order valence-corrected chi connectivity index (χ1v) is 9.52. The number of rotatable bonds is 5. The van der Waals surface area contributed by atoms with Gasteiger partial charge in [-0.3, -0.25) is 19.5 Å². The van der Waals surface area contributed by atoms with Gasteiger partial charge in [0.25, 0.3) is 5.91 Å². The van der Waals surface area contributed by atoms with Crippen LogP contribution < -0.4 is 5.32 Å². The topological polar surface area (TPSA) is 91.6 Å². The maximum absolute atomic E-state index is 12.9. The summed E-state index contributed by atoms with van der Waals surface area (Å²) in [7, 11) is 0. The Labute approximate surface area is 172 Å². The van der Waals surface area contributed by atoms with Gasteiger partial charge in [0.2, 0.25) is 5.91 Å². The molecule has 0 atom stereocenters. The molecule has 3 aromatic rings. The van der Waals surface area contributed by atoms with Crippen LogP contribution in [-0.4, -0.2) is 64.5 Å². The van der Waals surface area contributed by atoms with E-state index in [9.17, 15) is 14.0 Å². The molecule has 154 valence electrons. The first-order chi connectivity index (χ1) is 14.6. The fourth-order valence-electron chi connectivity index (χ4n) is 3.24. The number of hydrogen-bond donors (Lipinski definition) is 1. The van der Waals surface area contributed by atoms with E-state index in [4.69, 9.17) is 4.52 Å². The SMILES string of the molecule is O=C(CN1CCN(C(=O)c2cc(-c3ccncc3)on2)CC1)Nc1ccc(F)cc1. The van der Waals surface area contributed by atoms with Crippen LogP contribution in [0.2, 0.25) is 0 Å². The summed E-state index contributed by atoms with van der Waals surface area (Å²) in [6.45, 7) is 2.31. The van der Waals surface area contributed by atoms with Crippen molar-refractivity contribution in [3.05, 3.63) is 66.4 Å². The van der Waals surface area contributed by atoms with Crippen LogP contribution in [0.15, 0.2) is 59.4 Å². The summed E-state index contributed by atoms with van der Waals surface area (Å²) in [6, 6.07) is 10.8. The van der Waals surface area contributed by atoms with E-state index in [2.05, 4.69) is 15.5 Å². The molecule has 0 radical (unpaired) electrons. The summed E-state index contributed by atoms with van der Waals surface area (Å²) in [5.74, 6) is -0.222. The van der Waals surface area contributed by atoms with Crippen molar-refractivity contribution < 1.29 is 18.5 Å². The molecule has 1 aromatic carbocycles. The fraction of sp³-hybridized carbons (Fsp3) is 0.238. The Hall–Kier alpha value is -3.59. The molecule has 1 fully saturated rings. The number of hydrogen-bond acceptors (Lipinski definition) is 6. The van der Waals surface area contributed by atoms with Crippen molar-refractivity contribution in [1.82, 2.24) is 19.9 Å². The van der Waals surface area contributed by atoms with E-state index < -0.39 is 0 Å². The van der Waals surface area contributed by atoms with Crippen molar-refractivity contribution in [3.8, 4) is 11.3 Å². The van der Waals surface area contributed by atoms with Gasteiger partial charge in [-0.25, -0.2) is 4.39 Å². The molecule has 0 bridgehead atoms. The van der Waals surface area contributed by atoms with E-state index in [0.29, 0.717) is 37.6 Å². The molecular formula is C21H20FN5O3. The Morgan fingerprint density at radius 2 is 1.73 bits per heavy atom. The van der Waals surface area contributed by atoms with Gasteiger partial charge in [-0.05, 0) is 36.4 Å². The third-order valence-electron chi connectivity index (χ3n) is 4.85. The van der Waals surface area contributed by atoms with Crippen LogP contribution in [0.3, 0.4) is 0 Å². The van der Waals surface area contributed by atoms with Crippen LogP contribution in [0.25, 0.3) is 11.3 Å². The number of benzene rings is 1. The van der Waals surface area contributed by atoms with E-state index in [-0.39, 0.29) is 29.9 Å².